The molecule has 2 aromatic rings. The second-order valence-electron chi connectivity index (χ2n) is 7.33. The minimum absolute atomic E-state index is 0.0333. The van der Waals surface area contributed by atoms with E-state index in [1.807, 2.05) is 32.9 Å². The van der Waals surface area contributed by atoms with E-state index in [2.05, 4.69) is 5.32 Å². The van der Waals surface area contributed by atoms with E-state index < -0.39 is 6.04 Å². The lowest BCUT2D eigenvalue weighted by atomic mass is 10.1. The maximum absolute atomic E-state index is 13.3. The Balaban J connectivity index is 2.35. The third-order valence-corrected chi connectivity index (χ3v) is 5.43. The summed E-state index contributed by atoms with van der Waals surface area (Å²) in [6.45, 7) is 5.81. The Kier molecular flexibility index (Phi) is 9.00. The Labute approximate surface area is 188 Å². The molecule has 0 heterocycles. The van der Waals surface area contributed by atoms with Crippen LogP contribution in [0.1, 0.15) is 38.3 Å². The van der Waals surface area contributed by atoms with Gasteiger partial charge in [-0.1, -0.05) is 48.3 Å². The van der Waals surface area contributed by atoms with Crippen molar-refractivity contribution >= 4 is 35.0 Å². The molecule has 1 atom stereocenters. The van der Waals surface area contributed by atoms with Crippen LogP contribution in [0.25, 0.3) is 0 Å². The number of nitrogens with one attached hydrogen (secondary N) is 1. The molecule has 5 nitrogen and oxygen atoms in total. The summed E-state index contributed by atoms with van der Waals surface area (Å²) >= 11 is 12.7. The van der Waals surface area contributed by atoms with E-state index in [9.17, 15) is 9.59 Å². The summed E-state index contributed by atoms with van der Waals surface area (Å²) in [6.07, 6.45) is 0.618. The van der Waals surface area contributed by atoms with Crippen molar-refractivity contribution in [2.24, 2.45) is 0 Å². The standard InChI is InChI=1S/C23H28Cl2N2O3/c1-5-21(23(29)26-15(2)3)27(14-18-19(24)7-6-8-20(18)25)22(28)13-16-9-11-17(30-4)12-10-16/h6-12,15,21H,5,13-14H2,1-4H3,(H,26,29)/t21-/m1/s1. The molecule has 0 aliphatic carbocycles. The summed E-state index contributed by atoms with van der Waals surface area (Å²) in [7, 11) is 1.59. The van der Waals surface area contributed by atoms with Gasteiger partial charge in [0.1, 0.15) is 11.8 Å². The topological polar surface area (TPSA) is 58.6 Å². The molecule has 0 spiro atoms. The van der Waals surface area contributed by atoms with E-state index in [-0.39, 0.29) is 30.8 Å². The number of amides is 2. The predicted molar refractivity (Wildman–Crippen MR) is 121 cm³/mol. The van der Waals surface area contributed by atoms with Crippen molar-refractivity contribution in [1.29, 1.82) is 0 Å². The molecule has 0 radical (unpaired) electrons. The number of halogens is 2. The van der Waals surface area contributed by atoms with Crippen molar-refractivity contribution in [3.63, 3.8) is 0 Å². The number of carbonyl (C=O) groups is 2. The molecule has 0 aromatic heterocycles. The first-order valence-corrected chi connectivity index (χ1v) is 10.7. The lowest BCUT2D eigenvalue weighted by molar-refractivity contribution is -0.141. The number of benzene rings is 2. The van der Waals surface area contributed by atoms with Crippen molar-refractivity contribution in [2.75, 3.05) is 7.11 Å². The summed E-state index contributed by atoms with van der Waals surface area (Å²) in [6, 6.07) is 11.8. The Morgan fingerprint density at radius 1 is 1.07 bits per heavy atom. The molecular formula is C23H28Cl2N2O3. The smallest absolute Gasteiger partial charge is 0.243 e. The fourth-order valence-corrected chi connectivity index (χ4v) is 3.69. The van der Waals surface area contributed by atoms with Crippen LogP contribution in [0.2, 0.25) is 10.0 Å². The summed E-state index contributed by atoms with van der Waals surface area (Å²) in [5, 5.41) is 3.83. The number of carbonyl (C=O) groups excluding carboxylic acids is 2. The maximum Gasteiger partial charge on any atom is 0.243 e. The van der Waals surface area contributed by atoms with Gasteiger partial charge < -0.3 is 15.0 Å². The molecule has 7 heteroatoms. The van der Waals surface area contributed by atoms with Crippen LogP contribution in [0.15, 0.2) is 42.5 Å². The molecule has 0 bridgehead atoms. The molecule has 0 aliphatic heterocycles. The van der Waals surface area contributed by atoms with Crippen LogP contribution in [0.5, 0.6) is 5.75 Å². The molecule has 30 heavy (non-hydrogen) atoms. The summed E-state index contributed by atoms with van der Waals surface area (Å²) < 4.78 is 5.17. The summed E-state index contributed by atoms with van der Waals surface area (Å²) in [5.41, 5.74) is 1.45. The van der Waals surface area contributed by atoms with Gasteiger partial charge in [0, 0.05) is 28.2 Å². The van der Waals surface area contributed by atoms with E-state index >= 15 is 0 Å². The lowest BCUT2D eigenvalue weighted by Gasteiger charge is -2.31. The van der Waals surface area contributed by atoms with Crippen LogP contribution < -0.4 is 10.1 Å². The monoisotopic (exact) mass is 450 g/mol. The third kappa shape index (κ3) is 6.38. The van der Waals surface area contributed by atoms with Crippen LogP contribution in [0.3, 0.4) is 0 Å². The van der Waals surface area contributed by atoms with Crippen molar-refractivity contribution < 1.29 is 14.3 Å². The van der Waals surface area contributed by atoms with Crippen LogP contribution in [-0.4, -0.2) is 35.9 Å². The Morgan fingerprint density at radius 2 is 1.67 bits per heavy atom. The minimum atomic E-state index is -0.634. The molecule has 2 amide bonds. The van der Waals surface area contributed by atoms with E-state index in [1.165, 1.54) is 0 Å². The van der Waals surface area contributed by atoms with Crippen molar-refractivity contribution in [2.45, 2.75) is 52.2 Å². The normalized spacial score (nSPS) is 11.8. The Hall–Kier alpha value is -2.24. The van der Waals surface area contributed by atoms with E-state index in [4.69, 9.17) is 27.9 Å². The SMILES string of the molecule is CC[C@H](C(=O)NC(C)C)N(Cc1c(Cl)cccc1Cl)C(=O)Cc1ccc(OC)cc1. The molecule has 0 aliphatic rings. The van der Waals surface area contributed by atoms with Gasteiger partial charge in [0.2, 0.25) is 11.8 Å². The first-order chi connectivity index (χ1) is 14.3. The predicted octanol–water partition coefficient (Wildman–Crippen LogP) is 4.88. The molecule has 0 saturated carbocycles. The van der Waals surface area contributed by atoms with Crippen LogP contribution in [0, 0.1) is 0 Å². The van der Waals surface area contributed by atoms with Gasteiger partial charge in [0.15, 0.2) is 0 Å². The van der Waals surface area contributed by atoms with Crippen LogP contribution in [0.4, 0.5) is 0 Å². The number of rotatable bonds is 9. The van der Waals surface area contributed by atoms with Crippen molar-refractivity contribution in [1.82, 2.24) is 10.2 Å². The quantitative estimate of drug-likeness (QED) is 0.592. The fourth-order valence-electron chi connectivity index (χ4n) is 3.17. The second-order valence-corrected chi connectivity index (χ2v) is 8.15. The Bertz CT molecular complexity index is 849. The first-order valence-electron chi connectivity index (χ1n) is 9.92. The van der Waals surface area contributed by atoms with Gasteiger partial charge in [-0.05, 0) is 50.1 Å². The Morgan fingerprint density at radius 3 is 2.17 bits per heavy atom. The zero-order valence-electron chi connectivity index (χ0n) is 17.7. The summed E-state index contributed by atoms with van der Waals surface area (Å²) in [4.78, 5) is 27.7. The zero-order valence-corrected chi connectivity index (χ0v) is 19.3. The average molecular weight is 451 g/mol. The molecule has 0 fully saturated rings. The van der Waals surface area contributed by atoms with E-state index in [0.717, 1.165) is 5.56 Å². The zero-order chi connectivity index (χ0) is 22.3. The second kappa shape index (κ2) is 11.2. The third-order valence-electron chi connectivity index (χ3n) is 4.72. The van der Waals surface area contributed by atoms with Crippen molar-refractivity contribution in [3.05, 3.63) is 63.6 Å². The van der Waals surface area contributed by atoms with Gasteiger partial charge in [-0.15, -0.1) is 0 Å². The molecule has 0 unspecified atom stereocenters. The highest BCUT2D eigenvalue weighted by Gasteiger charge is 2.30. The van der Waals surface area contributed by atoms with E-state index in [1.54, 1.807) is 42.3 Å². The van der Waals surface area contributed by atoms with Gasteiger partial charge in [-0.2, -0.15) is 0 Å². The fraction of sp³-hybridized carbons (Fsp3) is 0.391. The van der Waals surface area contributed by atoms with Crippen LogP contribution >= 0.6 is 23.2 Å². The van der Waals surface area contributed by atoms with Gasteiger partial charge >= 0.3 is 0 Å². The number of nitrogens with zero attached hydrogens (tertiary/aromatic N) is 1. The number of methoxy groups -OCH3 is 1. The maximum atomic E-state index is 13.3. The molecule has 0 saturated heterocycles. The molecule has 1 N–H and O–H groups in total. The highest BCUT2D eigenvalue weighted by molar-refractivity contribution is 6.36. The minimum Gasteiger partial charge on any atom is -0.497 e. The molecule has 2 aromatic carbocycles. The highest BCUT2D eigenvalue weighted by atomic mass is 35.5. The summed E-state index contributed by atoms with van der Waals surface area (Å²) in [5.74, 6) is 0.342. The highest BCUT2D eigenvalue weighted by Crippen LogP contribution is 2.27. The van der Waals surface area contributed by atoms with Gasteiger partial charge in [-0.3, -0.25) is 9.59 Å². The van der Waals surface area contributed by atoms with Gasteiger partial charge in [0.05, 0.1) is 13.5 Å². The lowest BCUT2D eigenvalue weighted by Crippen LogP contribution is -2.50. The van der Waals surface area contributed by atoms with Crippen LogP contribution in [-0.2, 0) is 22.6 Å². The molecular weight excluding hydrogens is 423 g/mol. The van der Waals surface area contributed by atoms with E-state index in [0.29, 0.717) is 27.8 Å². The first kappa shape index (κ1) is 24.0. The van der Waals surface area contributed by atoms with Gasteiger partial charge in [0.25, 0.3) is 0 Å². The van der Waals surface area contributed by atoms with Gasteiger partial charge in [-0.25, -0.2) is 0 Å². The van der Waals surface area contributed by atoms with Crippen molar-refractivity contribution in [3.8, 4) is 5.75 Å². The molecule has 162 valence electrons. The number of hydrogen-bond donors (Lipinski definition) is 1. The largest absolute Gasteiger partial charge is 0.497 e. The average Bonchev–Trinajstić information content (AvgIpc) is 2.70. The number of ether oxygens (including phenoxy) is 1. The molecule has 2 rings (SSSR count). The number of hydrogen-bond acceptors (Lipinski definition) is 3.